The molecule has 2 heterocycles. The zero-order chi connectivity index (χ0) is 15.2. The van der Waals surface area contributed by atoms with Crippen molar-refractivity contribution in [1.82, 2.24) is 0 Å². The van der Waals surface area contributed by atoms with Gasteiger partial charge in [0.05, 0.1) is 0 Å². The van der Waals surface area contributed by atoms with Gasteiger partial charge in [0.2, 0.25) is 5.60 Å². The zero-order valence-corrected chi connectivity index (χ0v) is 11.7. The Bertz CT molecular complexity index is 810. The van der Waals surface area contributed by atoms with Crippen molar-refractivity contribution in [3.05, 3.63) is 71.8 Å². The molecule has 0 radical (unpaired) electrons. The molecule has 2 aromatic rings. The summed E-state index contributed by atoms with van der Waals surface area (Å²) in [5.74, 6) is -0.773. The monoisotopic (exact) mass is 291 g/mol. The smallest absolute Gasteiger partial charge is 0.332 e. The minimum Gasteiger partial charge on any atom is -0.440 e. The van der Waals surface area contributed by atoms with E-state index in [0.717, 1.165) is 11.1 Å². The van der Waals surface area contributed by atoms with Gasteiger partial charge in [0.15, 0.2) is 0 Å². The fourth-order valence-electron chi connectivity index (χ4n) is 3.10. The Morgan fingerprint density at radius 3 is 2.50 bits per heavy atom. The predicted octanol–water partition coefficient (Wildman–Crippen LogP) is 2.56. The van der Waals surface area contributed by atoms with Crippen LogP contribution in [-0.4, -0.2) is 17.5 Å². The third-order valence-electron chi connectivity index (χ3n) is 4.10. The minimum absolute atomic E-state index is 0.299. The van der Waals surface area contributed by atoms with Crippen molar-refractivity contribution >= 4 is 23.1 Å². The van der Waals surface area contributed by atoms with Gasteiger partial charge in [-0.25, -0.2) is 4.79 Å². The number of esters is 1. The summed E-state index contributed by atoms with van der Waals surface area (Å²) in [6.45, 7) is 0. The molecule has 0 bridgehead atoms. The summed E-state index contributed by atoms with van der Waals surface area (Å²) in [5.41, 5.74) is 1.86. The summed E-state index contributed by atoms with van der Waals surface area (Å²) >= 11 is 0. The maximum absolute atomic E-state index is 12.7. The lowest BCUT2D eigenvalue weighted by molar-refractivity contribution is -0.152. The van der Waals surface area contributed by atoms with Gasteiger partial charge in [-0.15, -0.1) is 0 Å². The number of amides is 1. The van der Waals surface area contributed by atoms with E-state index in [0.29, 0.717) is 17.7 Å². The van der Waals surface area contributed by atoms with Crippen molar-refractivity contribution in [2.75, 3.05) is 5.32 Å². The molecular formula is C18H13NO3. The van der Waals surface area contributed by atoms with Crippen LogP contribution in [0.5, 0.6) is 0 Å². The van der Waals surface area contributed by atoms with Crippen LogP contribution in [0.15, 0.2) is 60.7 Å². The fourth-order valence-corrected chi connectivity index (χ4v) is 3.10. The number of hydrogen-bond acceptors (Lipinski definition) is 3. The highest BCUT2D eigenvalue weighted by Crippen LogP contribution is 2.45. The Labute approximate surface area is 127 Å². The fraction of sp³-hybridized carbons (Fsp3) is 0.111. The Hall–Kier alpha value is -2.88. The Balaban J connectivity index is 1.86. The van der Waals surface area contributed by atoms with Crippen LogP contribution in [-0.2, 0) is 20.7 Å². The molecule has 4 heteroatoms. The Morgan fingerprint density at radius 1 is 0.955 bits per heavy atom. The first-order valence-electron chi connectivity index (χ1n) is 7.09. The molecule has 1 atom stereocenters. The number of carbonyl (C=O) groups is 2. The summed E-state index contributed by atoms with van der Waals surface area (Å²) < 4.78 is 5.48. The van der Waals surface area contributed by atoms with Crippen molar-refractivity contribution in [3.63, 3.8) is 0 Å². The van der Waals surface area contributed by atoms with Gasteiger partial charge in [-0.2, -0.15) is 0 Å². The molecule has 4 nitrogen and oxygen atoms in total. The number of para-hydroxylation sites is 1. The highest BCUT2D eigenvalue weighted by atomic mass is 16.6. The Morgan fingerprint density at radius 2 is 1.68 bits per heavy atom. The van der Waals surface area contributed by atoms with E-state index in [1.165, 1.54) is 6.08 Å². The molecule has 2 aromatic carbocycles. The van der Waals surface area contributed by atoms with Crippen LogP contribution in [0.3, 0.4) is 0 Å². The average molecular weight is 291 g/mol. The summed E-state index contributed by atoms with van der Waals surface area (Å²) in [5, 5.41) is 2.86. The Kier molecular flexibility index (Phi) is 2.66. The lowest BCUT2D eigenvalue weighted by Gasteiger charge is -2.34. The van der Waals surface area contributed by atoms with Gasteiger partial charge in [0.25, 0.3) is 5.91 Å². The maximum atomic E-state index is 12.7. The van der Waals surface area contributed by atoms with E-state index in [4.69, 9.17) is 4.74 Å². The summed E-state index contributed by atoms with van der Waals surface area (Å²) in [6, 6.07) is 17.0. The number of ether oxygens (including phenoxy) is 1. The molecule has 0 saturated heterocycles. The van der Waals surface area contributed by atoms with Crippen LogP contribution < -0.4 is 5.32 Å². The van der Waals surface area contributed by atoms with Crippen molar-refractivity contribution in [2.45, 2.75) is 12.0 Å². The van der Waals surface area contributed by atoms with Gasteiger partial charge < -0.3 is 10.1 Å². The lowest BCUT2D eigenvalue weighted by Crippen LogP contribution is -2.49. The molecule has 2 aliphatic heterocycles. The van der Waals surface area contributed by atoms with Gasteiger partial charge >= 0.3 is 5.97 Å². The lowest BCUT2D eigenvalue weighted by atomic mass is 9.80. The highest BCUT2D eigenvalue weighted by Gasteiger charge is 2.53. The molecule has 4 rings (SSSR count). The number of anilines is 1. The van der Waals surface area contributed by atoms with E-state index in [1.54, 1.807) is 0 Å². The first-order valence-corrected chi connectivity index (χ1v) is 7.09. The SMILES string of the molecule is O=C1C=C2c3ccccc3NC(=O)C2(Cc2ccccc2)O1. The van der Waals surface area contributed by atoms with Crippen molar-refractivity contribution in [3.8, 4) is 0 Å². The van der Waals surface area contributed by atoms with Gasteiger partial charge in [0.1, 0.15) is 0 Å². The van der Waals surface area contributed by atoms with E-state index < -0.39 is 11.6 Å². The van der Waals surface area contributed by atoms with Crippen molar-refractivity contribution in [2.24, 2.45) is 0 Å². The third kappa shape index (κ3) is 1.77. The number of benzene rings is 2. The number of carbonyl (C=O) groups excluding carboxylic acids is 2. The maximum Gasteiger partial charge on any atom is 0.332 e. The van der Waals surface area contributed by atoms with Crippen LogP contribution in [0, 0.1) is 0 Å². The van der Waals surface area contributed by atoms with Crippen LogP contribution in [0.1, 0.15) is 11.1 Å². The first-order chi connectivity index (χ1) is 10.7. The number of hydrogen-bond donors (Lipinski definition) is 1. The third-order valence-corrected chi connectivity index (χ3v) is 4.10. The van der Waals surface area contributed by atoms with E-state index in [1.807, 2.05) is 54.6 Å². The molecular weight excluding hydrogens is 278 g/mol. The molecule has 0 saturated carbocycles. The second-order valence-corrected chi connectivity index (χ2v) is 5.47. The van der Waals surface area contributed by atoms with Gasteiger partial charge in [-0.05, 0) is 11.6 Å². The van der Waals surface area contributed by atoms with Crippen molar-refractivity contribution in [1.29, 1.82) is 0 Å². The number of rotatable bonds is 2. The van der Waals surface area contributed by atoms with E-state index in [2.05, 4.69) is 5.32 Å². The van der Waals surface area contributed by atoms with Crippen molar-refractivity contribution < 1.29 is 14.3 Å². The number of nitrogens with one attached hydrogen (secondary N) is 1. The van der Waals surface area contributed by atoms with Gasteiger partial charge in [0, 0.05) is 29.3 Å². The molecule has 0 aromatic heterocycles. The summed E-state index contributed by atoms with van der Waals surface area (Å²) in [4.78, 5) is 24.6. The van der Waals surface area contributed by atoms with Crippen LogP contribution in [0.4, 0.5) is 5.69 Å². The molecule has 0 spiro atoms. The molecule has 1 amide bonds. The molecule has 1 N–H and O–H groups in total. The van der Waals surface area contributed by atoms with E-state index >= 15 is 0 Å². The molecule has 108 valence electrons. The largest absolute Gasteiger partial charge is 0.440 e. The normalized spacial score (nSPS) is 22.3. The molecule has 0 aliphatic carbocycles. The molecule has 1 unspecified atom stereocenters. The van der Waals surface area contributed by atoms with E-state index in [-0.39, 0.29) is 5.91 Å². The number of fused-ring (bicyclic) bond motifs is 3. The van der Waals surface area contributed by atoms with Gasteiger partial charge in [-0.1, -0.05) is 48.5 Å². The molecule has 0 fully saturated rings. The molecule has 2 aliphatic rings. The second-order valence-electron chi connectivity index (χ2n) is 5.47. The van der Waals surface area contributed by atoms with E-state index in [9.17, 15) is 9.59 Å². The topological polar surface area (TPSA) is 55.4 Å². The van der Waals surface area contributed by atoms with Gasteiger partial charge in [-0.3, -0.25) is 4.79 Å². The van der Waals surface area contributed by atoms with Crippen LogP contribution in [0.2, 0.25) is 0 Å². The second kappa shape index (κ2) is 4.56. The zero-order valence-electron chi connectivity index (χ0n) is 11.7. The summed E-state index contributed by atoms with van der Waals surface area (Å²) in [7, 11) is 0. The average Bonchev–Trinajstić information content (AvgIpc) is 2.86. The quantitative estimate of drug-likeness (QED) is 0.865. The first kappa shape index (κ1) is 12.8. The standard InChI is InChI=1S/C18H13NO3/c20-16-10-14-13-8-4-5-9-15(13)19-17(21)18(14,22-16)11-12-6-2-1-3-7-12/h1-10H,11H2,(H,19,21). The van der Waals surface area contributed by atoms with Crippen LogP contribution >= 0.6 is 0 Å². The van der Waals surface area contributed by atoms with Crippen LogP contribution in [0.25, 0.3) is 5.57 Å². The predicted molar refractivity (Wildman–Crippen MR) is 82.0 cm³/mol. The molecule has 22 heavy (non-hydrogen) atoms. The minimum atomic E-state index is -1.27. The highest BCUT2D eigenvalue weighted by molar-refractivity contribution is 6.19. The summed E-state index contributed by atoms with van der Waals surface area (Å²) in [6.07, 6.45) is 1.76.